The number of sulfonamides is 1. The molecule has 2 aromatic rings. The van der Waals surface area contributed by atoms with Gasteiger partial charge in [0.2, 0.25) is 5.91 Å². The number of carbonyl (C=O) groups is 2. The highest BCUT2D eigenvalue weighted by Crippen LogP contribution is 2.31. The fourth-order valence-electron chi connectivity index (χ4n) is 3.41. The standard InChI is InChI=1S/C21H22N4O5S/c1-3-12(2)19(24-20-14-6-4-5-7-17(14)31(28,29)25-20)21(27)22-13-8-9-16-15(10-13)23-18(26)11-30-16/h4-10,12,19H,3,11H2,1-2H3,(H,22,27)(H,23,26)(H,24,25)/t12-,19-/m0/s1. The van der Waals surface area contributed by atoms with Crippen molar-refractivity contribution >= 4 is 39.0 Å². The Labute approximate surface area is 180 Å². The van der Waals surface area contributed by atoms with Crippen LogP contribution in [0.5, 0.6) is 5.75 Å². The maximum absolute atomic E-state index is 13.1. The zero-order valence-corrected chi connectivity index (χ0v) is 17.8. The second kappa shape index (κ2) is 8.03. The zero-order chi connectivity index (χ0) is 22.2. The molecule has 0 radical (unpaired) electrons. The van der Waals surface area contributed by atoms with Crippen molar-refractivity contribution in [3.8, 4) is 5.75 Å². The molecular weight excluding hydrogens is 420 g/mol. The van der Waals surface area contributed by atoms with Crippen LogP contribution in [0.3, 0.4) is 0 Å². The average molecular weight is 442 g/mol. The fourth-order valence-corrected chi connectivity index (χ4v) is 4.65. The maximum Gasteiger partial charge on any atom is 0.263 e. The van der Waals surface area contributed by atoms with Crippen LogP contribution in [0.25, 0.3) is 0 Å². The summed E-state index contributed by atoms with van der Waals surface area (Å²) < 4.78 is 32.5. The number of hydrogen-bond donors (Lipinski definition) is 3. The van der Waals surface area contributed by atoms with Crippen molar-refractivity contribution in [2.75, 3.05) is 17.2 Å². The highest BCUT2D eigenvalue weighted by Gasteiger charge is 2.33. The lowest BCUT2D eigenvalue weighted by Gasteiger charge is -2.21. The monoisotopic (exact) mass is 442 g/mol. The van der Waals surface area contributed by atoms with E-state index in [9.17, 15) is 18.0 Å². The Kier molecular flexibility index (Phi) is 5.40. The van der Waals surface area contributed by atoms with E-state index in [0.717, 1.165) is 0 Å². The first-order valence-corrected chi connectivity index (χ1v) is 11.3. The van der Waals surface area contributed by atoms with Crippen LogP contribution in [-0.4, -0.2) is 38.7 Å². The van der Waals surface area contributed by atoms with Gasteiger partial charge in [0, 0.05) is 11.3 Å². The Morgan fingerprint density at radius 1 is 1.26 bits per heavy atom. The molecule has 0 bridgehead atoms. The molecular formula is C21H22N4O5S. The minimum Gasteiger partial charge on any atom is -0.482 e. The third-order valence-electron chi connectivity index (χ3n) is 5.26. The van der Waals surface area contributed by atoms with Crippen molar-refractivity contribution in [3.63, 3.8) is 0 Å². The van der Waals surface area contributed by atoms with E-state index in [1.807, 2.05) is 13.8 Å². The van der Waals surface area contributed by atoms with Gasteiger partial charge in [-0.25, -0.2) is 8.42 Å². The molecule has 162 valence electrons. The van der Waals surface area contributed by atoms with Gasteiger partial charge in [0.15, 0.2) is 6.61 Å². The topological polar surface area (TPSA) is 126 Å². The minimum atomic E-state index is -3.70. The molecule has 9 nitrogen and oxygen atoms in total. The molecule has 0 saturated carbocycles. The summed E-state index contributed by atoms with van der Waals surface area (Å²) in [5.74, 6) is -0.124. The van der Waals surface area contributed by atoms with E-state index >= 15 is 0 Å². The Morgan fingerprint density at radius 2 is 2.03 bits per heavy atom. The van der Waals surface area contributed by atoms with Crippen LogP contribution >= 0.6 is 0 Å². The van der Waals surface area contributed by atoms with Gasteiger partial charge in [0.1, 0.15) is 17.6 Å². The summed E-state index contributed by atoms with van der Waals surface area (Å²) in [7, 11) is -3.70. The number of nitrogens with zero attached hydrogens (tertiary/aromatic N) is 1. The van der Waals surface area contributed by atoms with Crippen molar-refractivity contribution in [2.24, 2.45) is 10.9 Å². The molecule has 3 N–H and O–H groups in total. The number of hydrogen-bond acceptors (Lipinski definition) is 6. The molecule has 10 heteroatoms. The molecule has 2 amide bonds. The van der Waals surface area contributed by atoms with Crippen LogP contribution in [0, 0.1) is 5.92 Å². The molecule has 0 unspecified atom stereocenters. The molecule has 0 fully saturated rings. The van der Waals surface area contributed by atoms with Gasteiger partial charge in [0.05, 0.1) is 10.6 Å². The number of nitrogens with one attached hydrogen (secondary N) is 3. The Morgan fingerprint density at radius 3 is 2.81 bits per heavy atom. The lowest BCUT2D eigenvalue weighted by atomic mass is 9.98. The smallest absolute Gasteiger partial charge is 0.263 e. The average Bonchev–Trinajstić information content (AvgIpc) is 3.01. The first-order chi connectivity index (χ1) is 14.8. The molecule has 2 aliphatic heterocycles. The Bertz CT molecular complexity index is 1190. The number of amidine groups is 1. The first-order valence-electron chi connectivity index (χ1n) is 9.86. The predicted octanol–water partition coefficient (Wildman–Crippen LogP) is 2.11. The summed E-state index contributed by atoms with van der Waals surface area (Å²) in [6.07, 6.45) is 0.664. The summed E-state index contributed by atoms with van der Waals surface area (Å²) in [6, 6.07) is 10.6. The quantitative estimate of drug-likeness (QED) is 0.654. The Hall–Kier alpha value is -3.40. The summed E-state index contributed by atoms with van der Waals surface area (Å²) >= 11 is 0. The van der Waals surface area contributed by atoms with Gasteiger partial charge in [0.25, 0.3) is 15.9 Å². The van der Waals surface area contributed by atoms with Crippen LogP contribution in [0.2, 0.25) is 0 Å². The van der Waals surface area contributed by atoms with Gasteiger partial charge in [-0.2, -0.15) is 0 Å². The van der Waals surface area contributed by atoms with Crippen LogP contribution in [0.15, 0.2) is 52.4 Å². The van der Waals surface area contributed by atoms with E-state index in [1.165, 1.54) is 6.07 Å². The van der Waals surface area contributed by atoms with Crippen LogP contribution in [0.4, 0.5) is 11.4 Å². The summed E-state index contributed by atoms with van der Waals surface area (Å²) in [4.78, 5) is 29.3. The molecule has 0 spiro atoms. The lowest BCUT2D eigenvalue weighted by molar-refractivity contribution is -0.119. The number of rotatable bonds is 5. The van der Waals surface area contributed by atoms with E-state index < -0.39 is 16.1 Å². The van der Waals surface area contributed by atoms with Gasteiger partial charge in [-0.05, 0) is 36.2 Å². The van der Waals surface area contributed by atoms with E-state index in [4.69, 9.17) is 4.74 Å². The second-order valence-corrected chi connectivity index (χ2v) is 9.10. The van der Waals surface area contributed by atoms with E-state index in [-0.39, 0.29) is 35.1 Å². The lowest BCUT2D eigenvalue weighted by Crippen LogP contribution is -2.35. The molecule has 4 rings (SSSR count). The summed E-state index contributed by atoms with van der Waals surface area (Å²) in [6.45, 7) is 3.76. The summed E-state index contributed by atoms with van der Waals surface area (Å²) in [5.41, 5.74) is 1.38. The number of benzene rings is 2. The number of ether oxygens (including phenoxy) is 1. The second-order valence-electron chi connectivity index (χ2n) is 7.45. The predicted molar refractivity (Wildman–Crippen MR) is 116 cm³/mol. The number of fused-ring (bicyclic) bond motifs is 2. The summed E-state index contributed by atoms with van der Waals surface area (Å²) in [5, 5.41) is 5.51. The molecule has 0 aliphatic carbocycles. The van der Waals surface area contributed by atoms with Crippen LogP contribution in [0.1, 0.15) is 25.8 Å². The first kappa shape index (κ1) is 20.9. The molecule has 2 heterocycles. The number of aliphatic imine (C=N–C) groups is 1. The van der Waals surface area contributed by atoms with Crippen molar-refractivity contribution in [1.82, 2.24) is 4.72 Å². The third-order valence-corrected chi connectivity index (χ3v) is 6.66. The largest absolute Gasteiger partial charge is 0.482 e. The van der Waals surface area contributed by atoms with E-state index in [1.54, 1.807) is 36.4 Å². The van der Waals surface area contributed by atoms with Crippen molar-refractivity contribution in [2.45, 2.75) is 31.2 Å². The SMILES string of the molecule is CC[C@H](C)[C@H](N=C1NS(=O)(=O)c2ccccc21)C(=O)Nc1ccc2c(c1)NC(=O)CO2. The van der Waals surface area contributed by atoms with Gasteiger partial charge >= 0.3 is 0 Å². The highest BCUT2D eigenvalue weighted by atomic mass is 32.2. The molecule has 2 aromatic carbocycles. The van der Waals surface area contributed by atoms with E-state index in [2.05, 4.69) is 20.3 Å². The van der Waals surface area contributed by atoms with Gasteiger partial charge in [-0.3, -0.25) is 19.3 Å². The number of anilines is 2. The molecule has 0 aromatic heterocycles. The van der Waals surface area contributed by atoms with Crippen LogP contribution < -0.4 is 20.1 Å². The third kappa shape index (κ3) is 4.11. The number of amides is 2. The fraction of sp³-hybridized carbons (Fsp3) is 0.286. The maximum atomic E-state index is 13.1. The van der Waals surface area contributed by atoms with Gasteiger partial charge < -0.3 is 15.4 Å². The van der Waals surface area contributed by atoms with Crippen molar-refractivity contribution in [3.05, 3.63) is 48.0 Å². The molecule has 31 heavy (non-hydrogen) atoms. The van der Waals surface area contributed by atoms with Gasteiger partial charge in [-0.15, -0.1) is 0 Å². The zero-order valence-electron chi connectivity index (χ0n) is 17.0. The van der Waals surface area contributed by atoms with Crippen molar-refractivity contribution in [1.29, 1.82) is 0 Å². The van der Waals surface area contributed by atoms with E-state index in [0.29, 0.717) is 29.1 Å². The molecule has 2 atom stereocenters. The molecule has 2 aliphatic rings. The highest BCUT2D eigenvalue weighted by molar-refractivity contribution is 7.90. The van der Waals surface area contributed by atoms with Gasteiger partial charge in [-0.1, -0.05) is 32.4 Å². The van der Waals surface area contributed by atoms with Crippen LogP contribution in [-0.2, 0) is 19.6 Å². The minimum absolute atomic E-state index is 0.0519. The number of carbonyl (C=O) groups excluding carboxylic acids is 2. The Balaban J connectivity index is 1.62. The normalized spacial score (nSPS) is 19.3. The molecule has 0 saturated heterocycles. The van der Waals surface area contributed by atoms with Crippen molar-refractivity contribution < 1.29 is 22.7 Å².